The van der Waals surface area contributed by atoms with Crippen molar-refractivity contribution in [3.05, 3.63) is 95.1 Å². The first-order valence-corrected chi connectivity index (χ1v) is 8.37. The first kappa shape index (κ1) is 17.4. The molecule has 3 aromatic carbocycles. The minimum absolute atomic E-state index is 0.209. The highest BCUT2D eigenvalue weighted by Crippen LogP contribution is 2.14. The molecule has 0 aliphatic heterocycles. The molecular formula is C22H20N2O2. The van der Waals surface area contributed by atoms with Gasteiger partial charge in [0.25, 0.3) is 11.8 Å². The first-order chi connectivity index (χ1) is 12.5. The van der Waals surface area contributed by atoms with E-state index in [1.54, 1.807) is 24.3 Å². The summed E-state index contributed by atoms with van der Waals surface area (Å²) in [6.07, 6.45) is 0. The van der Waals surface area contributed by atoms with Crippen LogP contribution in [-0.2, 0) is 0 Å². The van der Waals surface area contributed by atoms with Crippen molar-refractivity contribution in [3.8, 4) is 0 Å². The summed E-state index contributed by atoms with van der Waals surface area (Å²) in [5.41, 5.74) is 4.73. The van der Waals surface area contributed by atoms with E-state index in [1.807, 2.05) is 62.4 Å². The molecule has 2 amide bonds. The van der Waals surface area contributed by atoms with Crippen LogP contribution in [0.1, 0.15) is 31.8 Å². The van der Waals surface area contributed by atoms with E-state index in [9.17, 15) is 9.59 Å². The fraction of sp³-hybridized carbons (Fsp3) is 0.0909. The molecule has 4 heteroatoms. The van der Waals surface area contributed by atoms with Gasteiger partial charge in [-0.25, -0.2) is 0 Å². The van der Waals surface area contributed by atoms with E-state index in [0.29, 0.717) is 11.1 Å². The molecule has 2 N–H and O–H groups in total. The SMILES string of the molecule is Cc1ccc(NC(=O)c2ccc(C(=O)Nc3ccc(C)cc3)cc2)cc1. The number of nitrogens with one attached hydrogen (secondary N) is 2. The van der Waals surface area contributed by atoms with Crippen LogP contribution in [0, 0.1) is 13.8 Å². The number of hydrogen-bond donors (Lipinski definition) is 2. The minimum atomic E-state index is -0.209. The lowest BCUT2D eigenvalue weighted by molar-refractivity contribution is 0.101. The molecular weight excluding hydrogens is 324 g/mol. The minimum Gasteiger partial charge on any atom is -0.322 e. The van der Waals surface area contributed by atoms with Gasteiger partial charge < -0.3 is 10.6 Å². The zero-order chi connectivity index (χ0) is 18.5. The van der Waals surface area contributed by atoms with Crippen LogP contribution in [0.2, 0.25) is 0 Å². The Kier molecular flexibility index (Phi) is 5.13. The Balaban J connectivity index is 1.65. The summed E-state index contributed by atoms with van der Waals surface area (Å²) in [6, 6.07) is 21.8. The smallest absolute Gasteiger partial charge is 0.255 e. The van der Waals surface area contributed by atoms with Gasteiger partial charge in [-0.1, -0.05) is 35.4 Å². The van der Waals surface area contributed by atoms with E-state index >= 15 is 0 Å². The largest absolute Gasteiger partial charge is 0.322 e. The predicted molar refractivity (Wildman–Crippen MR) is 105 cm³/mol. The van der Waals surface area contributed by atoms with Crippen molar-refractivity contribution < 1.29 is 9.59 Å². The molecule has 4 nitrogen and oxygen atoms in total. The van der Waals surface area contributed by atoms with Gasteiger partial charge >= 0.3 is 0 Å². The average Bonchev–Trinajstić information content (AvgIpc) is 2.65. The number of rotatable bonds is 4. The van der Waals surface area contributed by atoms with Crippen LogP contribution in [0.25, 0.3) is 0 Å². The molecule has 0 spiro atoms. The number of benzene rings is 3. The molecule has 0 aliphatic rings. The molecule has 0 heterocycles. The topological polar surface area (TPSA) is 58.2 Å². The summed E-state index contributed by atoms with van der Waals surface area (Å²) >= 11 is 0. The van der Waals surface area contributed by atoms with Gasteiger partial charge in [0.15, 0.2) is 0 Å². The Labute approximate surface area is 152 Å². The lowest BCUT2D eigenvalue weighted by Crippen LogP contribution is -2.14. The van der Waals surface area contributed by atoms with E-state index < -0.39 is 0 Å². The standard InChI is InChI=1S/C22H20N2O2/c1-15-3-11-19(12-4-15)23-21(25)17-7-9-18(10-8-17)22(26)24-20-13-5-16(2)6-14-20/h3-14H,1-2H3,(H,23,25)(H,24,26). The summed E-state index contributed by atoms with van der Waals surface area (Å²) in [5.74, 6) is -0.418. The average molecular weight is 344 g/mol. The number of amides is 2. The maximum atomic E-state index is 12.3. The number of anilines is 2. The zero-order valence-corrected chi connectivity index (χ0v) is 14.7. The normalized spacial score (nSPS) is 10.2. The highest BCUT2D eigenvalue weighted by Gasteiger charge is 2.09. The van der Waals surface area contributed by atoms with Gasteiger partial charge in [-0.15, -0.1) is 0 Å². The third-order valence-electron chi connectivity index (χ3n) is 4.03. The van der Waals surface area contributed by atoms with Crippen molar-refractivity contribution in [2.45, 2.75) is 13.8 Å². The van der Waals surface area contributed by atoms with Crippen molar-refractivity contribution in [3.63, 3.8) is 0 Å². The molecule has 3 rings (SSSR count). The zero-order valence-electron chi connectivity index (χ0n) is 14.7. The van der Waals surface area contributed by atoms with Crippen molar-refractivity contribution in [2.75, 3.05) is 10.6 Å². The van der Waals surface area contributed by atoms with E-state index in [2.05, 4.69) is 10.6 Å². The van der Waals surface area contributed by atoms with Gasteiger partial charge in [-0.05, 0) is 62.4 Å². The summed E-state index contributed by atoms with van der Waals surface area (Å²) in [7, 11) is 0. The highest BCUT2D eigenvalue weighted by molar-refractivity contribution is 6.07. The van der Waals surface area contributed by atoms with Crippen LogP contribution in [0.15, 0.2) is 72.8 Å². The second kappa shape index (κ2) is 7.66. The molecule has 0 saturated carbocycles. The Morgan fingerprint density at radius 2 is 0.846 bits per heavy atom. The van der Waals surface area contributed by atoms with E-state index in [0.717, 1.165) is 22.5 Å². The van der Waals surface area contributed by atoms with Crippen molar-refractivity contribution in [1.29, 1.82) is 0 Å². The number of carbonyl (C=O) groups is 2. The van der Waals surface area contributed by atoms with Gasteiger partial charge in [0, 0.05) is 22.5 Å². The monoisotopic (exact) mass is 344 g/mol. The van der Waals surface area contributed by atoms with Gasteiger partial charge in [0.2, 0.25) is 0 Å². The molecule has 3 aromatic rings. The van der Waals surface area contributed by atoms with E-state index in [-0.39, 0.29) is 11.8 Å². The fourth-order valence-electron chi connectivity index (χ4n) is 2.45. The summed E-state index contributed by atoms with van der Waals surface area (Å²) in [4.78, 5) is 24.6. The second-order valence-electron chi connectivity index (χ2n) is 6.22. The van der Waals surface area contributed by atoms with Crippen LogP contribution in [0.3, 0.4) is 0 Å². The van der Waals surface area contributed by atoms with Crippen molar-refractivity contribution >= 4 is 23.2 Å². The Morgan fingerprint density at radius 3 is 1.15 bits per heavy atom. The van der Waals surface area contributed by atoms with Crippen LogP contribution in [0.4, 0.5) is 11.4 Å². The summed E-state index contributed by atoms with van der Waals surface area (Å²) in [6.45, 7) is 3.98. The second-order valence-corrected chi connectivity index (χ2v) is 6.22. The van der Waals surface area contributed by atoms with Crippen LogP contribution < -0.4 is 10.6 Å². The number of hydrogen-bond acceptors (Lipinski definition) is 2. The van der Waals surface area contributed by atoms with Gasteiger partial charge in [0.05, 0.1) is 0 Å². The number of aryl methyl sites for hydroxylation is 2. The van der Waals surface area contributed by atoms with E-state index in [1.165, 1.54) is 0 Å². The molecule has 0 bridgehead atoms. The van der Waals surface area contributed by atoms with Gasteiger partial charge in [-0.2, -0.15) is 0 Å². The lowest BCUT2D eigenvalue weighted by Gasteiger charge is -2.08. The van der Waals surface area contributed by atoms with E-state index in [4.69, 9.17) is 0 Å². The van der Waals surface area contributed by atoms with Crippen molar-refractivity contribution in [2.24, 2.45) is 0 Å². The van der Waals surface area contributed by atoms with Crippen LogP contribution >= 0.6 is 0 Å². The molecule has 0 aliphatic carbocycles. The number of carbonyl (C=O) groups excluding carboxylic acids is 2. The summed E-state index contributed by atoms with van der Waals surface area (Å²) in [5, 5.41) is 5.68. The maximum absolute atomic E-state index is 12.3. The lowest BCUT2D eigenvalue weighted by atomic mass is 10.1. The molecule has 0 atom stereocenters. The predicted octanol–water partition coefficient (Wildman–Crippen LogP) is 4.81. The maximum Gasteiger partial charge on any atom is 0.255 e. The van der Waals surface area contributed by atoms with Crippen LogP contribution in [0.5, 0.6) is 0 Å². The molecule has 0 unspecified atom stereocenters. The molecule has 0 fully saturated rings. The Bertz CT molecular complexity index is 833. The highest BCUT2D eigenvalue weighted by atomic mass is 16.2. The molecule has 0 aromatic heterocycles. The Hall–Kier alpha value is -3.40. The Morgan fingerprint density at radius 1 is 0.538 bits per heavy atom. The van der Waals surface area contributed by atoms with Gasteiger partial charge in [-0.3, -0.25) is 9.59 Å². The fourth-order valence-corrected chi connectivity index (χ4v) is 2.45. The molecule has 0 saturated heterocycles. The molecule has 0 radical (unpaired) electrons. The third kappa shape index (κ3) is 4.36. The quantitative estimate of drug-likeness (QED) is 0.714. The van der Waals surface area contributed by atoms with Crippen molar-refractivity contribution in [1.82, 2.24) is 0 Å². The third-order valence-corrected chi connectivity index (χ3v) is 4.03. The molecule has 26 heavy (non-hydrogen) atoms. The molecule has 130 valence electrons. The van der Waals surface area contributed by atoms with Gasteiger partial charge in [0.1, 0.15) is 0 Å². The first-order valence-electron chi connectivity index (χ1n) is 8.37. The summed E-state index contributed by atoms with van der Waals surface area (Å²) < 4.78 is 0. The van der Waals surface area contributed by atoms with Crippen LogP contribution in [-0.4, -0.2) is 11.8 Å².